The summed E-state index contributed by atoms with van der Waals surface area (Å²) < 4.78 is 4.62. The number of carbonyl (C=O) groups is 2. The van der Waals surface area contributed by atoms with Gasteiger partial charge in [0.05, 0.1) is 12.7 Å². The Bertz CT molecular complexity index is 621. The van der Waals surface area contributed by atoms with Gasteiger partial charge in [-0.05, 0) is 29.6 Å². The minimum atomic E-state index is -0.507. The fraction of sp³-hybridized carbons (Fsp3) is 0.0769. The van der Waals surface area contributed by atoms with Crippen LogP contribution in [-0.4, -0.2) is 24.1 Å². The number of carbonyl (C=O) groups excluding carboxylic acids is 2. The summed E-state index contributed by atoms with van der Waals surface area (Å²) in [6.07, 6.45) is 0. The van der Waals surface area contributed by atoms with Crippen LogP contribution in [0.4, 0.5) is 5.00 Å². The molecule has 19 heavy (non-hydrogen) atoms. The third-order valence-corrected chi connectivity index (χ3v) is 3.24. The van der Waals surface area contributed by atoms with Crippen LogP contribution in [0.3, 0.4) is 0 Å². The lowest BCUT2D eigenvalue weighted by molar-refractivity contribution is 0.0602. The lowest BCUT2D eigenvalue weighted by Crippen LogP contribution is -2.13. The first-order chi connectivity index (χ1) is 9.11. The molecule has 1 amide bonds. The molecule has 1 aromatic heterocycles. The predicted molar refractivity (Wildman–Crippen MR) is 71.7 cm³/mol. The number of phenolic OH excluding ortho intramolecular Hbond substituents is 1. The van der Waals surface area contributed by atoms with Crippen molar-refractivity contribution in [1.82, 2.24) is 0 Å². The van der Waals surface area contributed by atoms with Crippen molar-refractivity contribution in [2.75, 3.05) is 12.4 Å². The molecule has 0 fully saturated rings. The minimum absolute atomic E-state index is 0.00650. The molecule has 0 bridgehead atoms. The summed E-state index contributed by atoms with van der Waals surface area (Å²) in [5.74, 6) is -0.900. The number of hydrogen-bond acceptors (Lipinski definition) is 5. The van der Waals surface area contributed by atoms with Gasteiger partial charge in [-0.15, -0.1) is 11.3 Å². The molecule has 1 aromatic carbocycles. The molecule has 0 radical (unpaired) electrons. The lowest BCUT2D eigenvalue weighted by Gasteiger charge is -2.05. The highest BCUT2D eigenvalue weighted by Crippen LogP contribution is 2.24. The number of phenols is 1. The second-order valence-electron chi connectivity index (χ2n) is 3.66. The van der Waals surface area contributed by atoms with Gasteiger partial charge in [-0.3, -0.25) is 4.79 Å². The molecule has 0 aliphatic rings. The molecule has 2 rings (SSSR count). The number of rotatable bonds is 3. The quantitative estimate of drug-likeness (QED) is 0.845. The Balaban J connectivity index is 2.20. The van der Waals surface area contributed by atoms with Crippen LogP contribution in [0.15, 0.2) is 35.7 Å². The second kappa shape index (κ2) is 5.53. The van der Waals surface area contributed by atoms with E-state index in [9.17, 15) is 14.7 Å². The Kier molecular flexibility index (Phi) is 3.82. The maximum Gasteiger partial charge on any atom is 0.340 e. The van der Waals surface area contributed by atoms with Gasteiger partial charge in [-0.2, -0.15) is 0 Å². The van der Waals surface area contributed by atoms with Crippen molar-refractivity contribution in [2.45, 2.75) is 0 Å². The summed E-state index contributed by atoms with van der Waals surface area (Å²) in [6.45, 7) is 0. The van der Waals surface area contributed by atoms with Gasteiger partial charge in [0.2, 0.25) is 0 Å². The molecular formula is C13H11NO4S. The Morgan fingerprint density at radius 2 is 2.11 bits per heavy atom. The van der Waals surface area contributed by atoms with Crippen molar-refractivity contribution < 1.29 is 19.4 Å². The molecule has 6 heteroatoms. The van der Waals surface area contributed by atoms with Crippen LogP contribution in [0.1, 0.15) is 20.7 Å². The molecule has 0 aliphatic heterocycles. The van der Waals surface area contributed by atoms with Crippen LogP contribution >= 0.6 is 11.3 Å². The third-order valence-electron chi connectivity index (χ3n) is 2.41. The standard InChI is InChI=1S/C13H11NO4S/c1-18-13(17)10-5-6-19-12(10)14-11(16)8-3-2-4-9(15)7-8/h2-7,15H,1H3,(H,14,16). The fourth-order valence-corrected chi connectivity index (χ4v) is 2.27. The van der Waals surface area contributed by atoms with E-state index in [1.165, 1.54) is 30.6 Å². The van der Waals surface area contributed by atoms with Crippen LogP contribution in [0.5, 0.6) is 5.75 Å². The lowest BCUT2D eigenvalue weighted by atomic mass is 10.2. The molecule has 0 saturated carbocycles. The summed E-state index contributed by atoms with van der Waals surface area (Å²) >= 11 is 1.23. The van der Waals surface area contributed by atoms with E-state index in [0.717, 1.165) is 0 Å². The van der Waals surface area contributed by atoms with Crippen molar-refractivity contribution in [1.29, 1.82) is 0 Å². The van der Waals surface area contributed by atoms with Crippen molar-refractivity contribution >= 4 is 28.2 Å². The summed E-state index contributed by atoms with van der Waals surface area (Å²) in [6, 6.07) is 7.54. The number of ether oxygens (including phenoxy) is 1. The first-order valence-electron chi connectivity index (χ1n) is 5.38. The second-order valence-corrected chi connectivity index (χ2v) is 4.58. The number of aromatic hydroxyl groups is 1. The highest BCUT2D eigenvalue weighted by molar-refractivity contribution is 7.14. The molecule has 0 saturated heterocycles. The highest BCUT2D eigenvalue weighted by atomic mass is 32.1. The molecule has 0 spiro atoms. The molecule has 0 aliphatic carbocycles. The fourth-order valence-electron chi connectivity index (χ4n) is 1.50. The molecule has 1 heterocycles. The minimum Gasteiger partial charge on any atom is -0.508 e. The largest absolute Gasteiger partial charge is 0.508 e. The first kappa shape index (κ1) is 13.1. The van der Waals surface area contributed by atoms with E-state index in [1.807, 2.05) is 0 Å². The molecule has 2 aromatic rings. The number of esters is 1. The Morgan fingerprint density at radius 1 is 1.32 bits per heavy atom. The summed E-state index contributed by atoms with van der Waals surface area (Å²) in [7, 11) is 1.28. The van der Waals surface area contributed by atoms with Gasteiger partial charge in [0.25, 0.3) is 5.91 Å². The van der Waals surface area contributed by atoms with E-state index in [-0.39, 0.29) is 5.75 Å². The zero-order valence-corrected chi connectivity index (χ0v) is 10.9. The molecular weight excluding hydrogens is 266 g/mol. The maximum atomic E-state index is 12.0. The van der Waals surface area contributed by atoms with Gasteiger partial charge in [0.15, 0.2) is 0 Å². The average Bonchev–Trinajstić information content (AvgIpc) is 2.86. The normalized spacial score (nSPS) is 9.95. The van der Waals surface area contributed by atoms with E-state index < -0.39 is 11.9 Å². The zero-order valence-electron chi connectivity index (χ0n) is 10.0. The average molecular weight is 277 g/mol. The van der Waals surface area contributed by atoms with Gasteiger partial charge in [0.1, 0.15) is 10.8 Å². The molecule has 98 valence electrons. The van der Waals surface area contributed by atoms with E-state index >= 15 is 0 Å². The molecule has 2 N–H and O–H groups in total. The Morgan fingerprint density at radius 3 is 2.79 bits per heavy atom. The number of anilines is 1. The van der Waals surface area contributed by atoms with Crippen LogP contribution < -0.4 is 5.32 Å². The summed E-state index contributed by atoms with van der Waals surface area (Å²) in [5.41, 5.74) is 0.616. The monoisotopic (exact) mass is 277 g/mol. The van der Waals surface area contributed by atoms with Crippen molar-refractivity contribution in [3.05, 3.63) is 46.8 Å². The summed E-state index contributed by atoms with van der Waals surface area (Å²) in [5, 5.41) is 14.0. The third kappa shape index (κ3) is 2.92. The number of amides is 1. The highest BCUT2D eigenvalue weighted by Gasteiger charge is 2.16. The van der Waals surface area contributed by atoms with Gasteiger partial charge in [-0.1, -0.05) is 6.07 Å². The number of benzene rings is 1. The van der Waals surface area contributed by atoms with Crippen molar-refractivity contribution in [3.63, 3.8) is 0 Å². The van der Waals surface area contributed by atoms with E-state index in [2.05, 4.69) is 10.1 Å². The number of nitrogens with one attached hydrogen (secondary N) is 1. The van der Waals surface area contributed by atoms with Crippen molar-refractivity contribution in [2.24, 2.45) is 0 Å². The van der Waals surface area contributed by atoms with E-state index in [1.54, 1.807) is 23.6 Å². The van der Waals surface area contributed by atoms with Crippen LogP contribution in [-0.2, 0) is 4.74 Å². The topological polar surface area (TPSA) is 75.6 Å². The van der Waals surface area contributed by atoms with Gasteiger partial charge >= 0.3 is 5.97 Å². The Hall–Kier alpha value is -2.34. The Labute approximate surface area is 113 Å². The first-order valence-corrected chi connectivity index (χ1v) is 6.26. The number of hydrogen-bond donors (Lipinski definition) is 2. The van der Waals surface area contributed by atoms with Crippen LogP contribution in [0, 0.1) is 0 Å². The van der Waals surface area contributed by atoms with Gasteiger partial charge < -0.3 is 15.2 Å². The maximum absolute atomic E-state index is 12.0. The molecule has 0 unspecified atom stereocenters. The summed E-state index contributed by atoms with van der Waals surface area (Å²) in [4.78, 5) is 23.4. The van der Waals surface area contributed by atoms with Gasteiger partial charge in [0, 0.05) is 5.56 Å². The van der Waals surface area contributed by atoms with E-state index in [4.69, 9.17) is 0 Å². The zero-order chi connectivity index (χ0) is 13.8. The van der Waals surface area contributed by atoms with Crippen molar-refractivity contribution in [3.8, 4) is 5.75 Å². The van der Waals surface area contributed by atoms with Gasteiger partial charge in [-0.25, -0.2) is 4.79 Å². The van der Waals surface area contributed by atoms with E-state index in [0.29, 0.717) is 16.1 Å². The molecule has 5 nitrogen and oxygen atoms in total. The molecule has 0 atom stereocenters. The SMILES string of the molecule is COC(=O)c1ccsc1NC(=O)c1cccc(O)c1. The number of methoxy groups -OCH3 is 1. The van der Waals surface area contributed by atoms with Crippen LogP contribution in [0.2, 0.25) is 0 Å². The number of thiophene rings is 1. The predicted octanol–water partition coefficient (Wildman–Crippen LogP) is 2.49. The van der Waals surface area contributed by atoms with Crippen LogP contribution in [0.25, 0.3) is 0 Å². The smallest absolute Gasteiger partial charge is 0.340 e.